The third-order valence-corrected chi connectivity index (χ3v) is 3.21. The van der Waals surface area contributed by atoms with Crippen LogP contribution in [0.5, 0.6) is 0 Å². The van der Waals surface area contributed by atoms with Crippen LogP contribution in [0.25, 0.3) is 5.57 Å². The molecule has 0 fully saturated rings. The van der Waals surface area contributed by atoms with Crippen LogP contribution in [0.15, 0.2) is 30.8 Å². The van der Waals surface area contributed by atoms with E-state index in [1.807, 2.05) is 0 Å². The summed E-state index contributed by atoms with van der Waals surface area (Å²) < 4.78 is 58.8. The number of hydrogen-bond donors (Lipinski definition) is 1. The predicted molar refractivity (Wildman–Crippen MR) is 63.6 cm³/mol. The van der Waals surface area contributed by atoms with Crippen molar-refractivity contribution in [3.05, 3.63) is 42.0 Å². The maximum absolute atomic E-state index is 12.1. The molecule has 1 amide bonds. The summed E-state index contributed by atoms with van der Waals surface area (Å²) in [6, 6.07) is 5.47. The molecule has 0 spiro atoms. The number of allylic oxidation sites excluding steroid dienone is 1. The second-order valence-corrected chi connectivity index (χ2v) is 5.42. The molecule has 104 valence electrons. The number of carbonyl (C=O) groups excluding carboxylic acids is 1. The summed E-state index contributed by atoms with van der Waals surface area (Å²) >= 11 is 0. The van der Waals surface area contributed by atoms with Gasteiger partial charge in [-0.25, -0.2) is 4.72 Å². The van der Waals surface area contributed by atoms with Gasteiger partial charge in [-0.1, -0.05) is 24.3 Å². The van der Waals surface area contributed by atoms with Crippen LogP contribution in [-0.2, 0) is 10.0 Å². The topological polar surface area (TPSA) is 63.2 Å². The van der Waals surface area contributed by atoms with Crippen LogP contribution >= 0.6 is 0 Å². The van der Waals surface area contributed by atoms with E-state index in [9.17, 15) is 26.4 Å². The molecule has 8 heteroatoms. The molecule has 0 saturated carbocycles. The number of nitrogens with one attached hydrogen (secondary N) is 1. The quantitative estimate of drug-likeness (QED) is 0.930. The SMILES string of the molecule is C=C(C)c1cccc(C(=O)NS(=O)(=O)C(F)(F)F)c1. The Bertz CT molecular complexity index is 620. The van der Waals surface area contributed by atoms with Gasteiger partial charge >= 0.3 is 15.5 Å². The molecule has 0 radical (unpaired) electrons. The molecule has 4 nitrogen and oxygen atoms in total. The van der Waals surface area contributed by atoms with Crippen molar-refractivity contribution in [2.45, 2.75) is 12.4 Å². The van der Waals surface area contributed by atoms with Crippen LogP contribution in [0.3, 0.4) is 0 Å². The zero-order valence-electron chi connectivity index (χ0n) is 9.78. The van der Waals surface area contributed by atoms with E-state index in [0.717, 1.165) is 4.72 Å². The highest BCUT2D eigenvalue weighted by Gasteiger charge is 2.47. The zero-order chi connectivity index (χ0) is 14.8. The first-order chi connectivity index (χ1) is 8.54. The fraction of sp³-hybridized carbons (Fsp3) is 0.182. The predicted octanol–water partition coefficient (Wildman–Crippen LogP) is 2.30. The highest BCUT2D eigenvalue weighted by atomic mass is 32.2. The van der Waals surface area contributed by atoms with Gasteiger partial charge in [0.25, 0.3) is 5.91 Å². The van der Waals surface area contributed by atoms with Crippen molar-refractivity contribution < 1.29 is 26.4 Å². The van der Waals surface area contributed by atoms with Crippen LogP contribution in [0.4, 0.5) is 13.2 Å². The number of hydrogen-bond acceptors (Lipinski definition) is 3. The lowest BCUT2D eigenvalue weighted by Gasteiger charge is -2.10. The second-order valence-electron chi connectivity index (χ2n) is 3.74. The van der Waals surface area contributed by atoms with Gasteiger partial charge in [0, 0.05) is 5.56 Å². The molecule has 0 unspecified atom stereocenters. The Morgan fingerprint density at radius 3 is 2.26 bits per heavy atom. The minimum Gasteiger partial charge on any atom is -0.268 e. The third kappa shape index (κ3) is 3.57. The summed E-state index contributed by atoms with van der Waals surface area (Å²) in [6.07, 6.45) is 0. The fourth-order valence-electron chi connectivity index (χ4n) is 1.16. The first-order valence-electron chi connectivity index (χ1n) is 4.94. The smallest absolute Gasteiger partial charge is 0.268 e. The molecular weight excluding hydrogens is 283 g/mol. The molecule has 0 aromatic heterocycles. The molecule has 1 aromatic carbocycles. The molecule has 0 atom stereocenters. The fourth-order valence-corrected chi connectivity index (χ4v) is 1.64. The summed E-state index contributed by atoms with van der Waals surface area (Å²) in [4.78, 5) is 11.5. The van der Waals surface area contributed by atoms with Gasteiger partial charge in [-0.15, -0.1) is 0 Å². The van der Waals surface area contributed by atoms with Gasteiger partial charge in [-0.05, 0) is 24.6 Å². The van der Waals surface area contributed by atoms with Gasteiger partial charge in [0.1, 0.15) is 0 Å². The monoisotopic (exact) mass is 293 g/mol. The van der Waals surface area contributed by atoms with Crippen molar-refractivity contribution in [1.29, 1.82) is 0 Å². The van der Waals surface area contributed by atoms with Crippen molar-refractivity contribution >= 4 is 21.5 Å². The largest absolute Gasteiger partial charge is 0.516 e. The van der Waals surface area contributed by atoms with Gasteiger partial charge < -0.3 is 0 Å². The van der Waals surface area contributed by atoms with Crippen molar-refractivity contribution in [2.75, 3.05) is 0 Å². The number of amides is 1. The Kier molecular flexibility index (Phi) is 4.04. The molecule has 0 aliphatic heterocycles. The molecular formula is C11H10F3NO3S. The van der Waals surface area contributed by atoms with Crippen LogP contribution in [0.2, 0.25) is 0 Å². The molecule has 0 aliphatic carbocycles. The minimum absolute atomic E-state index is 0.201. The number of sulfonamides is 1. The average molecular weight is 293 g/mol. The summed E-state index contributed by atoms with van der Waals surface area (Å²) in [5, 5.41) is 0. The summed E-state index contributed by atoms with van der Waals surface area (Å²) in [6.45, 7) is 5.25. The van der Waals surface area contributed by atoms with Gasteiger partial charge in [-0.2, -0.15) is 21.6 Å². The summed E-state index contributed by atoms with van der Waals surface area (Å²) in [5.74, 6) is -1.35. The van der Waals surface area contributed by atoms with Crippen LogP contribution < -0.4 is 4.72 Å². The van der Waals surface area contributed by atoms with E-state index < -0.39 is 21.4 Å². The number of halogens is 3. The maximum atomic E-state index is 12.1. The van der Waals surface area contributed by atoms with Crippen molar-refractivity contribution in [3.63, 3.8) is 0 Å². The Hall–Kier alpha value is -1.83. The Labute approximate surface area is 108 Å². The Morgan fingerprint density at radius 2 is 1.79 bits per heavy atom. The van der Waals surface area contributed by atoms with Crippen molar-refractivity contribution in [2.24, 2.45) is 0 Å². The summed E-state index contributed by atoms with van der Waals surface area (Å²) in [5.41, 5.74) is -4.62. The van der Waals surface area contributed by atoms with Crippen molar-refractivity contribution in [1.82, 2.24) is 4.72 Å². The Balaban J connectivity index is 3.03. The minimum atomic E-state index is -5.70. The van der Waals surface area contributed by atoms with Gasteiger partial charge in [0.15, 0.2) is 0 Å². The second kappa shape index (κ2) is 5.04. The van der Waals surface area contributed by atoms with Gasteiger partial charge in [0.2, 0.25) is 0 Å². The molecule has 1 N–H and O–H groups in total. The number of carbonyl (C=O) groups is 1. The Morgan fingerprint density at radius 1 is 1.26 bits per heavy atom. The summed E-state index contributed by atoms with van der Waals surface area (Å²) in [7, 11) is -5.70. The van der Waals surface area contributed by atoms with E-state index in [1.165, 1.54) is 18.2 Å². The molecule has 1 aromatic rings. The number of benzene rings is 1. The molecule has 0 bridgehead atoms. The van der Waals surface area contributed by atoms with Gasteiger partial charge in [0.05, 0.1) is 0 Å². The lowest BCUT2D eigenvalue weighted by molar-refractivity contribution is -0.0446. The lowest BCUT2D eigenvalue weighted by Crippen LogP contribution is -2.40. The van der Waals surface area contributed by atoms with E-state index in [-0.39, 0.29) is 5.56 Å². The van der Waals surface area contributed by atoms with Crippen molar-refractivity contribution in [3.8, 4) is 0 Å². The number of rotatable bonds is 3. The van der Waals surface area contributed by atoms with E-state index >= 15 is 0 Å². The van der Waals surface area contributed by atoms with E-state index in [4.69, 9.17) is 0 Å². The molecule has 0 aliphatic rings. The van der Waals surface area contributed by atoms with E-state index in [2.05, 4.69) is 6.58 Å². The van der Waals surface area contributed by atoms with Crippen LogP contribution in [-0.4, -0.2) is 19.8 Å². The highest BCUT2D eigenvalue weighted by molar-refractivity contribution is 7.90. The van der Waals surface area contributed by atoms with Crippen LogP contribution in [0.1, 0.15) is 22.8 Å². The molecule has 0 heterocycles. The highest BCUT2D eigenvalue weighted by Crippen LogP contribution is 2.22. The normalized spacial score (nSPS) is 12.0. The lowest BCUT2D eigenvalue weighted by atomic mass is 10.1. The third-order valence-electron chi connectivity index (χ3n) is 2.15. The number of alkyl halides is 3. The maximum Gasteiger partial charge on any atom is 0.516 e. The molecule has 1 rings (SSSR count). The first-order valence-corrected chi connectivity index (χ1v) is 6.42. The first kappa shape index (κ1) is 15.2. The molecule has 19 heavy (non-hydrogen) atoms. The molecule has 0 saturated heterocycles. The average Bonchev–Trinajstić information content (AvgIpc) is 2.27. The van der Waals surface area contributed by atoms with E-state index in [0.29, 0.717) is 11.1 Å². The standard InChI is InChI=1S/C11H10F3NO3S/c1-7(2)8-4-3-5-9(6-8)10(16)15-19(17,18)11(12,13)14/h3-6H,1H2,2H3,(H,15,16). The van der Waals surface area contributed by atoms with E-state index in [1.54, 1.807) is 13.0 Å². The van der Waals surface area contributed by atoms with Gasteiger partial charge in [-0.3, -0.25) is 4.79 Å². The zero-order valence-corrected chi connectivity index (χ0v) is 10.6. The van der Waals surface area contributed by atoms with Crippen LogP contribution in [0, 0.1) is 0 Å².